The summed E-state index contributed by atoms with van der Waals surface area (Å²) in [5, 5.41) is 10.6. The summed E-state index contributed by atoms with van der Waals surface area (Å²) < 4.78 is 28.9. The van der Waals surface area contributed by atoms with Crippen molar-refractivity contribution in [3.05, 3.63) is 54.6 Å². The predicted octanol–water partition coefficient (Wildman–Crippen LogP) is 4.88. The molecule has 0 spiro atoms. The fourth-order valence-electron chi connectivity index (χ4n) is 4.01. The smallest absolute Gasteiger partial charge is 0.303 e. The molecule has 0 bridgehead atoms. The van der Waals surface area contributed by atoms with Crippen LogP contribution in [-0.2, 0) is 14.8 Å². The monoisotopic (exact) mass is 415 g/mol. The number of fused-ring (bicyclic) bond motifs is 1. The highest BCUT2D eigenvalue weighted by Gasteiger charge is 2.28. The molecule has 2 unspecified atom stereocenters. The highest BCUT2D eigenvalue weighted by molar-refractivity contribution is 7.89. The van der Waals surface area contributed by atoms with Crippen molar-refractivity contribution in [3.63, 3.8) is 0 Å². The lowest BCUT2D eigenvalue weighted by Crippen LogP contribution is -2.41. The Morgan fingerprint density at radius 2 is 1.83 bits per heavy atom. The SMILES string of the molecule is O=C(O)CCCC=CCC1CCCCC1NS(=O)(=O)c1ccc2ccccc2c1. The second kappa shape index (κ2) is 10.0. The number of carbonyl (C=O) groups is 1. The Kier molecular flexibility index (Phi) is 7.45. The Morgan fingerprint density at radius 1 is 1.07 bits per heavy atom. The van der Waals surface area contributed by atoms with E-state index in [1.54, 1.807) is 12.1 Å². The van der Waals surface area contributed by atoms with E-state index in [9.17, 15) is 13.2 Å². The molecule has 6 heteroatoms. The molecule has 1 aliphatic rings. The van der Waals surface area contributed by atoms with E-state index in [1.807, 2.05) is 36.4 Å². The van der Waals surface area contributed by atoms with Crippen molar-refractivity contribution >= 4 is 26.8 Å². The van der Waals surface area contributed by atoms with Crippen LogP contribution in [0.15, 0.2) is 59.5 Å². The topological polar surface area (TPSA) is 83.5 Å². The molecule has 29 heavy (non-hydrogen) atoms. The number of rotatable bonds is 9. The van der Waals surface area contributed by atoms with Gasteiger partial charge in [0.15, 0.2) is 0 Å². The number of hydrogen-bond acceptors (Lipinski definition) is 3. The normalized spacial score (nSPS) is 20.3. The molecular weight excluding hydrogens is 386 g/mol. The Morgan fingerprint density at radius 3 is 2.62 bits per heavy atom. The molecular formula is C23H29NO4S. The predicted molar refractivity (Wildman–Crippen MR) is 115 cm³/mol. The Labute approximate surface area is 172 Å². The molecule has 1 saturated carbocycles. The Balaban J connectivity index is 1.63. The van der Waals surface area contributed by atoms with Crippen LogP contribution in [0.1, 0.15) is 51.4 Å². The van der Waals surface area contributed by atoms with Crippen LogP contribution in [0.4, 0.5) is 0 Å². The zero-order valence-corrected chi connectivity index (χ0v) is 17.4. The van der Waals surface area contributed by atoms with E-state index >= 15 is 0 Å². The molecule has 5 nitrogen and oxygen atoms in total. The molecule has 0 saturated heterocycles. The number of benzene rings is 2. The van der Waals surface area contributed by atoms with Crippen molar-refractivity contribution in [2.24, 2.45) is 5.92 Å². The first-order valence-electron chi connectivity index (χ1n) is 10.3. The van der Waals surface area contributed by atoms with Gasteiger partial charge in [-0.3, -0.25) is 4.79 Å². The van der Waals surface area contributed by atoms with Crippen LogP contribution in [0.3, 0.4) is 0 Å². The second-order valence-electron chi connectivity index (χ2n) is 7.77. The Bertz CT molecular complexity index is 968. The quantitative estimate of drug-likeness (QED) is 0.452. The van der Waals surface area contributed by atoms with Gasteiger partial charge >= 0.3 is 5.97 Å². The van der Waals surface area contributed by atoms with Crippen molar-refractivity contribution in [3.8, 4) is 0 Å². The summed E-state index contributed by atoms with van der Waals surface area (Å²) in [7, 11) is -3.57. The number of nitrogens with one attached hydrogen (secondary N) is 1. The summed E-state index contributed by atoms with van der Waals surface area (Å²) >= 11 is 0. The molecule has 1 aliphatic carbocycles. The van der Waals surface area contributed by atoms with Crippen molar-refractivity contribution in [1.29, 1.82) is 0 Å². The minimum absolute atomic E-state index is 0.0658. The fraction of sp³-hybridized carbons (Fsp3) is 0.435. The first-order valence-corrected chi connectivity index (χ1v) is 11.8. The molecule has 2 aromatic rings. The maximum atomic E-state index is 13.0. The van der Waals surface area contributed by atoms with Gasteiger partial charge < -0.3 is 5.11 Å². The number of allylic oxidation sites excluding steroid dienone is 2. The lowest BCUT2D eigenvalue weighted by atomic mass is 9.83. The van der Waals surface area contributed by atoms with Gasteiger partial charge in [0.05, 0.1) is 4.90 Å². The van der Waals surface area contributed by atoms with E-state index in [-0.39, 0.29) is 18.4 Å². The molecule has 2 aromatic carbocycles. The summed E-state index contributed by atoms with van der Waals surface area (Å²) in [6, 6.07) is 12.9. The summed E-state index contributed by atoms with van der Waals surface area (Å²) in [4.78, 5) is 10.9. The summed E-state index contributed by atoms with van der Waals surface area (Å²) in [5.74, 6) is -0.497. The van der Waals surface area contributed by atoms with Crippen LogP contribution in [0.25, 0.3) is 10.8 Å². The first kappa shape index (κ1) is 21.5. The van der Waals surface area contributed by atoms with Gasteiger partial charge in [0.25, 0.3) is 0 Å². The molecule has 0 aromatic heterocycles. The van der Waals surface area contributed by atoms with Crippen molar-refractivity contribution < 1.29 is 18.3 Å². The van der Waals surface area contributed by atoms with E-state index in [0.717, 1.165) is 49.3 Å². The van der Waals surface area contributed by atoms with Gasteiger partial charge in [-0.05, 0) is 60.9 Å². The maximum absolute atomic E-state index is 13.0. The van der Waals surface area contributed by atoms with Gasteiger partial charge in [0.1, 0.15) is 0 Å². The molecule has 2 atom stereocenters. The van der Waals surface area contributed by atoms with Crippen molar-refractivity contribution in [2.75, 3.05) is 0 Å². The zero-order valence-electron chi connectivity index (χ0n) is 16.6. The average molecular weight is 416 g/mol. The van der Waals surface area contributed by atoms with E-state index in [4.69, 9.17) is 5.11 Å². The van der Waals surface area contributed by atoms with Crippen LogP contribution in [-0.4, -0.2) is 25.5 Å². The van der Waals surface area contributed by atoms with E-state index in [0.29, 0.717) is 11.3 Å². The number of unbranched alkanes of at least 4 members (excludes halogenated alkanes) is 1. The second-order valence-corrected chi connectivity index (χ2v) is 9.49. The number of sulfonamides is 1. The third kappa shape index (κ3) is 6.15. The molecule has 3 rings (SSSR count). The largest absolute Gasteiger partial charge is 0.481 e. The fourth-order valence-corrected chi connectivity index (χ4v) is 5.38. The molecule has 2 N–H and O–H groups in total. The highest BCUT2D eigenvalue weighted by Crippen LogP contribution is 2.29. The van der Waals surface area contributed by atoms with Gasteiger partial charge in [-0.15, -0.1) is 0 Å². The summed E-state index contributed by atoms with van der Waals surface area (Å²) in [5.41, 5.74) is 0. The molecule has 0 aliphatic heterocycles. The van der Waals surface area contributed by atoms with Crippen LogP contribution >= 0.6 is 0 Å². The molecule has 0 amide bonds. The maximum Gasteiger partial charge on any atom is 0.303 e. The minimum Gasteiger partial charge on any atom is -0.481 e. The van der Waals surface area contributed by atoms with E-state index < -0.39 is 16.0 Å². The van der Waals surface area contributed by atoms with Gasteiger partial charge in [0.2, 0.25) is 10.0 Å². The molecule has 0 radical (unpaired) electrons. The third-order valence-electron chi connectivity index (χ3n) is 5.61. The van der Waals surface area contributed by atoms with Gasteiger partial charge in [-0.2, -0.15) is 0 Å². The lowest BCUT2D eigenvalue weighted by molar-refractivity contribution is -0.137. The number of carboxylic acid groups (broad SMARTS) is 1. The van der Waals surface area contributed by atoms with Crippen LogP contribution in [0.5, 0.6) is 0 Å². The number of hydrogen-bond donors (Lipinski definition) is 2. The molecule has 156 valence electrons. The van der Waals surface area contributed by atoms with Gasteiger partial charge in [-0.25, -0.2) is 13.1 Å². The van der Waals surface area contributed by atoms with Crippen molar-refractivity contribution in [2.45, 2.75) is 62.3 Å². The highest BCUT2D eigenvalue weighted by atomic mass is 32.2. The standard InChI is InChI=1S/C23H29NO4S/c25-23(26)14-4-2-1-3-10-19-11-7-8-13-22(19)24-29(27,28)21-16-15-18-9-5-6-12-20(18)17-21/h1,3,5-6,9,12,15-17,19,22,24H,2,4,7-8,10-11,13-14H2,(H,25,26). The third-order valence-corrected chi connectivity index (χ3v) is 7.10. The van der Waals surface area contributed by atoms with Gasteiger partial charge in [0, 0.05) is 12.5 Å². The van der Waals surface area contributed by atoms with Crippen LogP contribution in [0, 0.1) is 5.92 Å². The molecule has 1 fully saturated rings. The summed E-state index contributed by atoms with van der Waals surface area (Å²) in [6.45, 7) is 0. The number of carboxylic acids is 1. The molecule has 0 heterocycles. The first-order chi connectivity index (χ1) is 14.0. The zero-order chi connectivity index (χ0) is 20.7. The lowest BCUT2D eigenvalue weighted by Gasteiger charge is -2.31. The summed E-state index contributed by atoms with van der Waals surface area (Å²) in [6.07, 6.45) is 10.5. The van der Waals surface area contributed by atoms with Crippen LogP contribution in [0.2, 0.25) is 0 Å². The van der Waals surface area contributed by atoms with Crippen LogP contribution < -0.4 is 4.72 Å². The number of aliphatic carboxylic acids is 1. The van der Waals surface area contributed by atoms with E-state index in [2.05, 4.69) is 10.8 Å². The average Bonchev–Trinajstić information content (AvgIpc) is 2.71. The van der Waals surface area contributed by atoms with Gasteiger partial charge in [-0.1, -0.05) is 55.3 Å². The van der Waals surface area contributed by atoms with E-state index in [1.165, 1.54) is 0 Å². The minimum atomic E-state index is -3.57. The van der Waals surface area contributed by atoms with Crippen molar-refractivity contribution in [1.82, 2.24) is 4.72 Å². The Hall–Kier alpha value is -2.18.